The minimum atomic E-state index is 0.469. The molecule has 0 fully saturated rings. The van der Waals surface area contributed by atoms with Gasteiger partial charge in [-0.25, -0.2) is 0 Å². The highest BCUT2D eigenvalue weighted by Crippen LogP contribution is 2.37. The van der Waals surface area contributed by atoms with Crippen LogP contribution in [-0.2, 0) is 6.42 Å². The second-order valence-corrected chi connectivity index (χ2v) is 3.76. The normalized spacial score (nSPS) is 9.87. The molecule has 15 heavy (non-hydrogen) atoms. The lowest BCUT2D eigenvalue weighted by Gasteiger charge is -2.13. The summed E-state index contributed by atoms with van der Waals surface area (Å²) in [5.41, 5.74) is 1.52. The zero-order valence-electron chi connectivity index (χ0n) is 8.96. The Bertz CT molecular complexity index is 375. The highest BCUT2D eigenvalue weighted by molar-refractivity contribution is 9.10. The molecular formula is C11H13BrO3. The topological polar surface area (TPSA) is 35.5 Å². The molecule has 0 N–H and O–H groups in total. The fourth-order valence-corrected chi connectivity index (χ4v) is 2.09. The largest absolute Gasteiger partial charge is 0.493 e. The third-order valence-electron chi connectivity index (χ3n) is 2.21. The van der Waals surface area contributed by atoms with E-state index in [1.165, 1.54) is 7.11 Å². The number of benzene rings is 1. The predicted octanol–water partition coefficient (Wildman–Crippen LogP) is 2.84. The van der Waals surface area contributed by atoms with Gasteiger partial charge >= 0.3 is 0 Å². The monoisotopic (exact) mass is 272 g/mol. The lowest BCUT2D eigenvalue weighted by atomic mass is 10.1. The second-order valence-electron chi connectivity index (χ2n) is 2.97. The number of carbonyl (C=O) groups is 1. The van der Waals surface area contributed by atoms with Crippen molar-refractivity contribution in [3.8, 4) is 11.5 Å². The number of hydrogen-bond donors (Lipinski definition) is 0. The Morgan fingerprint density at radius 3 is 2.47 bits per heavy atom. The number of carbonyl (C=O) groups excluding carboxylic acids is 1. The molecule has 0 unspecified atom stereocenters. The van der Waals surface area contributed by atoms with Crippen LogP contribution in [0, 0.1) is 0 Å². The molecule has 0 aliphatic carbocycles. The zero-order chi connectivity index (χ0) is 11.4. The number of rotatable bonds is 4. The standard InChI is InChI=1S/C11H13BrO3/c1-4-7-5-9(14-2)11(15-3)8(6-13)10(7)12/h5-6H,4H2,1-3H3. The van der Waals surface area contributed by atoms with Gasteiger partial charge in [0.1, 0.15) is 0 Å². The van der Waals surface area contributed by atoms with E-state index >= 15 is 0 Å². The maximum Gasteiger partial charge on any atom is 0.172 e. The third kappa shape index (κ3) is 2.15. The van der Waals surface area contributed by atoms with Crippen LogP contribution in [0.2, 0.25) is 0 Å². The maximum absolute atomic E-state index is 11.0. The van der Waals surface area contributed by atoms with Crippen molar-refractivity contribution in [3.05, 3.63) is 21.7 Å². The van der Waals surface area contributed by atoms with Crippen LogP contribution in [-0.4, -0.2) is 20.5 Å². The van der Waals surface area contributed by atoms with Crippen LogP contribution in [0.1, 0.15) is 22.8 Å². The fraction of sp³-hybridized carbons (Fsp3) is 0.364. The van der Waals surface area contributed by atoms with E-state index in [0.717, 1.165) is 22.7 Å². The molecule has 0 radical (unpaired) electrons. The van der Waals surface area contributed by atoms with Crippen LogP contribution < -0.4 is 9.47 Å². The summed E-state index contributed by atoms with van der Waals surface area (Å²) in [6.07, 6.45) is 1.59. The van der Waals surface area contributed by atoms with Crippen molar-refractivity contribution in [2.45, 2.75) is 13.3 Å². The second kappa shape index (κ2) is 5.16. The Labute approximate surface area is 97.5 Å². The van der Waals surface area contributed by atoms with E-state index in [9.17, 15) is 4.79 Å². The van der Waals surface area contributed by atoms with Gasteiger partial charge in [0.05, 0.1) is 19.8 Å². The van der Waals surface area contributed by atoms with Crippen molar-refractivity contribution in [2.24, 2.45) is 0 Å². The quantitative estimate of drug-likeness (QED) is 0.791. The van der Waals surface area contributed by atoms with Crippen LogP contribution in [0.25, 0.3) is 0 Å². The number of ether oxygens (including phenoxy) is 2. The van der Waals surface area contributed by atoms with Crippen LogP contribution in [0.5, 0.6) is 11.5 Å². The summed E-state index contributed by atoms with van der Waals surface area (Å²) in [6, 6.07) is 1.87. The first-order valence-corrected chi connectivity index (χ1v) is 5.37. The molecule has 0 aromatic heterocycles. The summed E-state index contributed by atoms with van der Waals surface area (Å²) in [6.45, 7) is 2.01. The van der Waals surface area contributed by atoms with E-state index in [0.29, 0.717) is 17.1 Å². The van der Waals surface area contributed by atoms with Crippen molar-refractivity contribution in [1.29, 1.82) is 0 Å². The van der Waals surface area contributed by atoms with E-state index in [1.54, 1.807) is 7.11 Å². The first-order valence-electron chi connectivity index (χ1n) is 4.58. The third-order valence-corrected chi connectivity index (χ3v) is 3.15. The molecule has 82 valence electrons. The van der Waals surface area contributed by atoms with Gasteiger partial charge in [0.25, 0.3) is 0 Å². The van der Waals surface area contributed by atoms with Crippen molar-refractivity contribution < 1.29 is 14.3 Å². The molecule has 0 amide bonds. The first kappa shape index (κ1) is 12.0. The van der Waals surface area contributed by atoms with Gasteiger partial charge in [0.15, 0.2) is 17.8 Å². The molecule has 0 spiro atoms. The van der Waals surface area contributed by atoms with Crippen LogP contribution in [0.3, 0.4) is 0 Å². The number of methoxy groups -OCH3 is 2. The molecule has 0 heterocycles. The summed E-state index contributed by atoms with van der Waals surface area (Å²) in [5.74, 6) is 1.05. The number of aryl methyl sites for hydroxylation is 1. The van der Waals surface area contributed by atoms with Gasteiger partial charge in [-0.1, -0.05) is 6.92 Å². The minimum Gasteiger partial charge on any atom is -0.493 e. The zero-order valence-corrected chi connectivity index (χ0v) is 10.6. The Kier molecular flexibility index (Phi) is 4.15. The molecule has 1 aromatic carbocycles. The molecule has 3 nitrogen and oxygen atoms in total. The lowest BCUT2D eigenvalue weighted by molar-refractivity contribution is 0.111. The van der Waals surface area contributed by atoms with Crippen molar-refractivity contribution in [3.63, 3.8) is 0 Å². The lowest BCUT2D eigenvalue weighted by Crippen LogP contribution is -1.99. The summed E-state index contributed by atoms with van der Waals surface area (Å²) >= 11 is 3.39. The molecule has 0 saturated carbocycles. The highest BCUT2D eigenvalue weighted by Gasteiger charge is 2.16. The Hall–Kier alpha value is -1.03. The van der Waals surface area contributed by atoms with Crippen LogP contribution in [0.4, 0.5) is 0 Å². The van der Waals surface area contributed by atoms with E-state index in [4.69, 9.17) is 9.47 Å². The average Bonchev–Trinajstić information content (AvgIpc) is 2.28. The number of aldehydes is 1. The van der Waals surface area contributed by atoms with E-state index in [1.807, 2.05) is 13.0 Å². The molecule has 1 aromatic rings. The Balaban J connectivity index is 3.49. The highest BCUT2D eigenvalue weighted by atomic mass is 79.9. The van der Waals surface area contributed by atoms with Gasteiger partial charge in [0.2, 0.25) is 0 Å². The first-order chi connectivity index (χ1) is 7.19. The van der Waals surface area contributed by atoms with Gasteiger partial charge in [0, 0.05) is 4.47 Å². The fourth-order valence-electron chi connectivity index (χ4n) is 1.42. The van der Waals surface area contributed by atoms with E-state index < -0.39 is 0 Å². The van der Waals surface area contributed by atoms with Gasteiger partial charge in [-0.05, 0) is 34.0 Å². The number of halogens is 1. The molecule has 4 heteroatoms. The maximum atomic E-state index is 11.0. The van der Waals surface area contributed by atoms with Gasteiger partial charge in [-0.3, -0.25) is 4.79 Å². The van der Waals surface area contributed by atoms with Gasteiger partial charge in [-0.15, -0.1) is 0 Å². The predicted molar refractivity (Wildman–Crippen MR) is 62.0 cm³/mol. The van der Waals surface area contributed by atoms with Gasteiger partial charge < -0.3 is 9.47 Å². The summed E-state index contributed by atoms with van der Waals surface area (Å²) < 4.78 is 11.1. The molecule has 0 saturated heterocycles. The molecule has 0 aliphatic heterocycles. The Morgan fingerprint density at radius 1 is 1.40 bits per heavy atom. The van der Waals surface area contributed by atoms with Gasteiger partial charge in [-0.2, -0.15) is 0 Å². The summed E-state index contributed by atoms with van der Waals surface area (Å²) in [4.78, 5) is 11.0. The minimum absolute atomic E-state index is 0.469. The van der Waals surface area contributed by atoms with Crippen molar-refractivity contribution >= 4 is 22.2 Å². The molecular weight excluding hydrogens is 260 g/mol. The number of hydrogen-bond acceptors (Lipinski definition) is 3. The molecule has 0 aliphatic rings. The smallest absolute Gasteiger partial charge is 0.172 e. The summed E-state index contributed by atoms with van der Waals surface area (Å²) in [7, 11) is 3.07. The van der Waals surface area contributed by atoms with Crippen molar-refractivity contribution in [1.82, 2.24) is 0 Å². The summed E-state index contributed by atoms with van der Waals surface area (Å²) in [5, 5.41) is 0. The van der Waals surface area contributed by atoms with Crippen LogP contribution >= 0.6 is 15.9 Å². The Morgan fingerprint density at radius 2 is 2.07 bits per heavy atom. The average molecular weight is 273 g/mol. The van der Waals surface area contributed by atoms with E-state index in [2.05, 4.69) is 15.9 Å². The van der Waals surface area contributed by atoms with E-state index in [-0.39, 0.29) is 0 Å². The van der Waals surface area contributed by atoms with Crippen molar-refractivity contribution in [2.75, 3.05) is 14.2 Å². The SMILES string of the molecule is CCc1cc(OC)c(OC)c(C=O)c1Br. The molecule has 0 bridgehead atoms. The van der Waals surface area contributed by atoms with Crippen LogP contribution in [0.15, 0.2) is 10.5 Å². The molecule has 0 atom stereocenters. The molecule has 1 rings (SSSR count).